The highest BCUT2D eigenvalue weighted by Gasteiger charge is 2.10. The summed E-state index contributed by atoms with van der Waals surface area (Å²) in [7, 11) is 0. The average Bonchev–Trinajstić information content (AvgIpc) is 2.83. The number of benzene rings is 3. The van der Waals surface area contributed by atoms with Gasteiger partial charge in [-0.15, -0.1) is 5.73 Å². The van der Waals surface area contributed by atoms with Gasteiger partial charge in [0.1, 0.15) is 0 Å². The molecule has 0 aliphatic heterocycles. The maximum atomic E-state index is 3.22. The minimum Gasteiger partial charge on any atom is -0.120 e. The lowest BCUT2D eigenvalue weighted by molar-refractivity contribution is 1.50. The highest BCUT2D eigenvalue weighted by atomic mass is 14.1. The van der Waals surface area contributed by atoms with Gasteiger partial charge in [-0.05, 0) is 44.8 Å². The van der Waals surface area contributed by atoms with E-state index in [1.54, 1.807) is 0 Å². The maximum absolute atomic E-state index is 3.22. The smallest absolute Gasteiger partial charge is 0.00217 e. The summed E-state index contributed by atoms with van der Waals surface area (Å²) < 4.78 is 0. The van der Waals surface area contributed by atoms with Gasteiger partial charge in [0.05, 0.1) is 0 Å². The molecule has 0 aromatic heterocycles. The van der Waals surface area contributed by atoms with E-state index in [0.29, 0.717) is 0 Å². The van der Waals surface area contributed by atoms with E-state index in [-0.39, 0.29) is 0 Å². The fourth-order valence-electron chi connectivity index (χ4n) is 2.86. The van der Waals surface area contributed by atoms with Gasteiger partial charge < -0.3 is 0 Å². The van der Waals surface area contributed by atoms with Crippen molar-refractivity contribution >= 4 is 33.7 Å². The second-order valence-corrected chi connectivity index (χ2v) is 4.76. The number of allylic oxidation sites excluding steroid dienone is 2. The van der Waals surface area contributed by atoms with Crippen LogP contribution in [0.2, 0.25) is 0 Å². The Hall–Kier alpha value is -2.56. The van der Waals surface area contributed by atoms with Crippen molar-refractivity contribution in [2.24, 2.45) is 0 Å². The first-order valence-electron chi connectivity index (χ1n) is 7.48. The standard InChI is InChI=1S/C19H12.C2H6/c1-2-8-14-15(9-3-1)17-11-5-7-13-19(17)18-12-6-4-10-16(14)18;1-2/h1-2,4-13H;1-2H3. The third-order valence-electron chi connectivity index (χ3n) is 3.70. The molecule has 3 aromatic rings. The molecule has 0 bridgehead atoms. The molecule has 0 fully saturated rings. The van der Waals surface area contributed by atoms with Crippen molar-refractivity contribution in [2.45, 2.75) is 13.8 Å². The Balaban J connectivity index is 0.000000636. The van der Waals surface area contributed by atoms with E-state index in [9.17, 15) is 0 Å². The summed E-state index contributed by atoms with van der Waals surface area (Å²) in [4.78, 5) is 0. The number of fused-ring (bicyclic) bond motifs is 6. The molecule has 0 saturated carbocycles. The summed E-state index contributed by atoms with van der Waals surface area (Å²) in [6.07, 6.45) is 8.29. The maximum Gasteiger partial charge on any atom is -0.00217 e. The van der Waals surface area contributed by atoms with Crippen LogP contribution in [0.4, 0.5) is 0 Å². The lowest BCUT2D eigenvalue weighted by Gasteiger charge is -2.12. The van der Waals surface area contributed by atoms with Gasteiger partial charge in [-0.1, -0.05) is 74.5 Å². The molecule has 0 heteroatoms. The third-order valence-corrected chi connectivity index (χ3v) is 3.70. The Labute approximate surface area is 125 Å². The molecule has 4 rings (SSSR count). The highest BCUT2D eigenvalue weighted by molar-refractivity contribution is 6.14. The summed E-state index contributed by atoms with van der Waals surface area (Å²) in [5, 5.41) is 5.23. The van der Waals surface area contributed by atoms with E-state index in [1.807, 2.05) is 19.9 Å². The molecular formula is C21H18. The molecule has 0 N–H and O–H groups in total. The van der Waals surface area contributed by atoms with Gasteiger partial charge in [0.2, 0.25) is 0 Å². The van der Waals surface area contributed by atoms with E-state index in [4.69, 9.17) is 0 Å². The van der Waals surface area contributed by atoms with E-state index < -0.39 is 0 Å². The molecule has 0 heterocycles. The summed E-state index contributed by atoms with van der Waals surface area (Å²) >= 11 is 0. The zero-order valence-corrected chi connectivity index (χ0v) is 12.4. The molecule has 3 aromatic carbocycles. The highest BCUT2D eigenvalue weighted by Crippen LogP contribution is 2.34. The summed E-state index contributed by atoms with van der Waals surface area (Å²) in [5.41, 5.74) is 5.77. The van der Waals surface area contributed by atoms with Crippen molar-refractivity contribution in [1.29, 1.82) is 0 Å². The predicted octanol–water partition coefficient (Wildman–Crippen LogP) is 6.21. The average molecular weight is 270 g/mol. The first kappa shape index (κ1) is 13.4. The normalized spacial score (nSPS) is 11.9. The van der Waals surface area contributed by atoms with E-state index in [1.165, 1.54) is 32.7 Å². The lowest BCUT2D eigenvalue weighted by Crippen LogP contribution is -1.88. The number of hydrogen-bond acceptors (Lipinski definition) is 0. The van der Waals surface area contributed by atoms with Gasteiger partial charge in [-0.25, -0.2) is 0 Å². The molecular weight excluding hydrogens is 252 g/mol. The molecule has 102 valence electrons. The van der Waals surface area contributed by atoms with E-state index in [2.05, 4.69) is 72.5 Å². The zero-order valence-electron chi connectivity index (χ0n) is 12.4. The SMILES string of the molecule is C1=CC=Cc2c(c3ccccc3c3ccccc23)C=1.CC. The first-order chi connectivity index (χ1) is 10.4. The first-order valence-corrected chi connectivity index (χ1v) is 7.48. The van der Waals surface area contributed by atoms with Crippen molar-refractivity contribution < 1.29 is 0 Å². The largest absolute Gasteiger partial charge is 0.120 e. The van der Waals surface area contributed by atoms with Crippen LogP contribution < -0.4 is 0 Å². The topological polar surface area (TPSA) is 0 Å². The second kappa shape index (κ2) is 5.83. The van der Waals surface area contributed by atoms with Crippen LogP contribution >= 0.6 is 0 Å². The van der Waals surface area contributed by atoms with Gasteiger partial charge in [0.25, 0.3) is 0 Å². The van der Waals surface area contributed by atoms with Gasteiger partial charge in [0.15, 0.2) is 0 Å². The van der Waals surface area contributed by atoms with Gasteiger partial charge in [-0.3, -0.25) is 0 Å². The monoisotopic (exact) mass is 270 g/mol. The lowest BCUT2D eigenvalue weighted by atomic mass is 9.91. The van der Waals surface area contributed by atoms with Gasteiger partial charge in [0, 0.05) is 0 Å². The second-order valence-electron chi connectivity index (χ2n) is 4.76. The summed E-state index contributed by atoms with van der Waals surface area (Å²) in [6.45, 7) is 4.00. The Bertz CT molecular complexity index is 888. The van der Waals surface area contributed by atoms with Crippen LogP contribution in [0.3, 0.4) is 0 Å². The van der Waals surface area contributed by atoms with E-state index >= 15 is 0 Å². The van der Waals surface area contributed by atoms with Crippen LogP contribution in [0.15, 0.2) is 66.4 Å². The third kappa shape index (κ3) is 2.20. The fourth-order valence-corrected chi connectivity index (χ4v) is 2.86. The molecule has 0 atom stereocenters. The van der Waals surface area contributed by atoms with Crippen molar-refractivity contribution in [2.75, 3.05) is 0 Å². The zero-order chi connectivity index (χ0) is 14.7. The minimum atomic E-state index is 1.26. The Morgan fingerprint density at radius 2 is 1.19 bits per heavy atom. The Morgan fingerprint density at radius 3 is 1.81 bits per heavy atom. The molecule has 0 spiro atoms. The van der Waals surface area contributed by atoms with Crippen LogP contribution in [-0.2, 0) is 0 Å². The molecule has 0 amide bonds. The molecule has 0 radical (unpaired) electrons. The minimum absolute atomic E-state index is 1.26. The van der Waals surface area contributed by atoms with Gasteiger partial charge in [-0.2, -0.15) is 0 Å². The molecule has 1 aliphatic rings. The Kier molecular flexibility index (Phi) is 3.73. The number of rotatable bonds is 0. The summed E-state index contributed by atoms with van der Waals surface area (Å²) in [6, 6.07) is 17.2. The molecule has 0 unspecified atom stereocenters. The van der Waals surface area contributed by atoms with Crippen molar-refractivity contribution in [3.63, 3.8) is 0 Å². The van der Waals surface area contributed by atoms with E-state index in [0.717, 1.165) is 0 Å². The van der Waals surface area contributed by atoms with Crippen LogP contribution in [0.1, 0.15) is 25.0 Å². The quantitative estimate of drug-likeness (QED) is 0.336. The van der Waals surface area contributed by atoms with Crippen LogP contribution in [0.5, 0.6) is 0 Å². The molecule has 0 saturated heterocycles. The number of hydrogen-bond donors (Lipinski definition) is 0. The predicted molar refractivity (Wildman–Crippen MR) is 94.4 cm³/mol. The van der Waals surface area contributed by atoms with Crippen LogP contribution in [0.25, 0.3) is 33.7 Å². The summed E-state index contributed by atoms with van der Waals surface area (Å²) in [5.74, 6) is 0. The molecule has 1 aliphatic carbocycles. The molecule has 0 nitrogen and oxygen atoms in total. The fraction of sp³-hybridized carbons (Fsp3) is 0.0952. The molecule has 21 heavy (non-hydrogen) atoms. The van der Waals surface area contributed by atoms with Crippen molar-refractivity contribution in [3.05, 3.63) is 77.5 Å². The van der Waals surface area contributed by atoms with Gasteiger partial charge >= 0.3 is 0 Å². The van der Waals surface area contributed by atoms with Crippen molar-refractivity contribution in [1.82, 2.24) is 0 Å². The Morgan fingerprint density at radius 1 is 0.667 bits per heavy atom. The van der Waals surface area contributed by atoms with Crippen LogP contribution in [-0.4, -0.2) is 0 Å². The van der Waals surface area contributed by atoms with Crippen molar-refractivity contribution in [3.8, 4) is 0 Å². The van der Waals surface area contributed by atoms with Crippen LogP contribution in [0, 0.1) is 0 Å².